The molecule has 198 valence electrons. The lowest BCUT2D eigenvalue weighted by Crippen LogP contribution is -1.83. The monoisotopic (exact) mass is 582 g/mol. The first kappa shape index (κ1) is 23.5. The van der Waals surface area contributed by atoms with Crippen molar-refractivity contribution in [3.8, 4) is 45.6 Å². The standard InChI is InChI=1S/C32H16Cl2N8/c33-22-14-13-21-23(24(22)34)32-41-30-20-12-6-5-11-19(20)28(39-30)37-26-16-8-2-1-7-15(16)25(35-26)36-27-17-9-3-4-10-18(17)29(38-27)40-31(21)42-32/h1-14H,(H2,35,36,37,38,39,40,41,42). The Morgan fingerprint density at radius 3 is 1.31 bits per heavy atom. The van der Waals surface area contributed by atoms with Gasteiger partial charge in [0, 0.05) is 43.8 Å². The molecular weight excluding hydrogens is 567 g/mol. The third-order valence-corrected chi connectivity index (χ3v) is 8.41. The van der Waals surface area contributed by atoms with Gasteiger partial charge in [-0.25, -0.2) is 29.9 Å². The van der Waals surface area contributed by atoms with Crippen LogP contribution < -0.4 is 0 Å². The van der Waals surface area contributed by atoms with Crippen LogP contribution in [0, 0.1) is 0 Å². The first-order chi connectivity index (χ1) is 20.6. The summed E-state index contributed by atoms with van der Waals surface area (Å²) in [5.41, 5.74) is 5.83. The zero-order valence-corrected chi connectivity index (χ0v) is 23.0. The van der Waals surface area contributed by atoms with E-state index in [1.807, 2.05) is 78.9 Å². The molecule has 4 aromatic carbocycles. The molecule has 8 bridgehead atoms. The van der Waals surface area contributed by atoms with Crippen molar-refractivity contribution < 1.29 is 0 Å². The van der Waals surface area contributed by atoms with Crippen LogP contribution >= 0.6 is 23.2 Å². The molecule has 0 saturated heterocycles. The minimum atomic E-state index is 0.380. The Bertz CT molecular complexity index is 2460. The molecule has 0 spiro atoms. The van der Waals surface area contributed by atoms with Crippen molar-refractivity contribution >= 4 is 67.3 Å². The Hall–Kier alpha value is -5.18. The van der Waals surface area contributed by atoms with Gasteiger partial charge < -0.3 is 9.97 Å². The van der Waals surface area contributed by atoms with E-state index in [0.717, 1.165) is 38.4 Å². The molecule has 8 nitrogen and oxygen atoms in total. The second-order valence-electron chi connectivity index (χ2n) is 10.0. The van der Waals surface area contributed by atoms with Gasteiger partial charge in [-0.2, -0.15) is 0 Å². The molecule has 0 radical (unpaired) electrons. The maximum absolute atomic E-state index is 6.77. The fourth-order valence-corrected chi connectivity index (χ4v) is 6.08. The highest BCUT2D eigenvalue weighted by Crippen LogP contribution is 2.39. The lowest BCUT2D eigenvalue weighted by atomic mass is 10.1. The molecule has 10 heteroatoms. The smallest absolute Gasteiger partial charge is 0.164 e. The molecule has 0 amide bonds. The van der Waals surface area contributed by atoms with Gasteiger partial charge >= 0.3 is 0 Å². The molecule has 2 N–H and O–H groups in total. The van der Waals surface area contributed by atoms with E-state index in [4.69, 9.17) is 53.1 Å². The molecule has 42 heavy (non-hydrogen) atoms. The Balaban J connectivity index is 1.52. The van der Waals surface area contributed by atoms with Crippen LogP contribution in [-0.4, -0.2) is 39.9 Å². The highest BCUT2D eigenvalue weighted by Gasteiger charge is 2.22. The lowest BCUT2D eigenvalue weighted by molar-refractivity contribution is 1.19. The van der Waals surface area contributed by atoms with E-state index in [1.165, 1.54) is 0 Å². The molecular formula is C32H16Cl2N8. The number of benzene rings is 4. The summed E-state index contributed by atoms with van der Waals surface area (Å²) >= 11 is 13.2. The molecule has 2 aliphatic heterocycles. The minimum absolute atomic E-state index is 0.380. The number of nitrogens with zero attached hydrogens (tertiary/aromatic N) is 6. The number of nitrogens with one attached hydrogen (secondary N) is 2. The van der Waals surface area contributed by atoms with Crippen molar-refractivity contribution in [1.82, 2.24) is 39.9 Å². The number of aromatic nitrogens is 8. The van der Waals surface area contributed by atoms with E-state index in [-0.39, 0.29) is 0 Å². The molecule has 0 saturated carbocycles. The van der Waals surface area contributed by atoms with E-state index in [2.05, 4.69) is 9.97 Å². The zero-order valence-electron chi connectivity index (χ0n) is 21.5. The largest absolute Gasteiger partial charge is 0.324 e. The first-order valence-corrected chi connectivity index (χ1v) is 14.0. The Morgan fingerprint density at radius 2 is 0.810 bits per heavy atom. The second-order valence-corrected chi connectivity index (χ2v) is 10.8. The Labute approximate surface area is 247 Å². The van der Waals surface area contributed by atoms with Crippen LogP contribution in [0.5, 0.6) is 0 Å². The van der Waals surface area contributed by atoms with Crippen LogP contribution in [0.1, 0.15) is 0 Å². The summed E-state index contributed by atoms with van der Waals surface area (Å²) in [6, 6.07) is 27.4. The van der Waals surface area contributed by atoms with Gasteiger partial charge in [-0.3, -0.25) is 0 Å². The van der Waals surface area contributed by atoms with Gasteiger partial charge in [0.15, 0.2) is 23.3 Å². The summed E-state index contributed by atoms with van der Waals surface area (Å²) in [4.78, 5) is 36.5. The van der Waals surface area contributed by atoms with E-state index in [1.54, 1.807) is 6.07 Å². The maximum atomic E-state index is 6.77. The van der Waals surface area contributed by atoms with Crippen molar-refractivity contribution in [3.05, 3.63) is 95.0 Å². The summed E-state index contributed by atoms with van der Waals surface area (Å²) in [6.07, 6.45) is 0. The van der Waals surface area contributed by atoms with E-state index < -0.39 is 0 Å². The predicted octanol–water partition coefficient (Wildman–Crippen LogP) is 8.18. The van der Waals surface area contributed by atoms with E-state index in [9.17, 15) is 0 Å². The number of halogens is 2. The summed E-state index contributed by atoms with van der Waals surface area (Å²) in [7, 11) is 0. The summed E-state index contributed by atoms with van der Waals surface area (Å²) in [5.74, 6) is 2.12. The second kappa shape index (κ2) is 8.66. The van der Waals surface area contributed by atoms with Gasteiger partial charge in [-0.1, -0.05) is 96.0 Å². The van der Waals surface area contributed by atoms with Crippen LogP contribution in [0.3, 0.4) is 0 Å². The van der Waals surface area contributed by atoms with Crippen molar-refractivity contribution in [3.63, 3.8) is 0 Å². The van der Waals surface area contributed by atoms with Crippen LogP contribution in [0.2, 0.25) is 10.0 Å². The maximum Gasteiger partial charge on any atom is 0.164 e. The fraction of sp³-hybridized carbons (Fsp3) is 0. The molecule has 0 atom stereocenters. The number of aromatic amines is 2. The van der Waals surface area contributed by atoms with Crippen molar-refractivity contribution in [2.45, 2.75) is 0 Å². The van der Waals surface area contributed by atoms with Gasteiger partial charge in [0.25, 0.3) is 0 Å². The van der Waals surface area contributed by atoms with Gasteiger partial charge in [0.1, 0.15) is 22.6 Å². The molecule has 2 aliphatic rings. The predicted molar refractivity (Wildman–Crippen MR) is 166 cm³/mol. The molecule has 0 aliphatic carbocycles. The van der Waals surface area contributed by atoms with E-state index >= 15 is 0 Å². The van der Waals surface area contributed by atoms with Gasteiger partial charge in [0.2, 0.25) is 0 Å². The van der Waals surface area contributed by atoms with Crippen molar-refractivity contribution in [2.24, 2.45) is 0 Å². The average Bonchev–Trinajstić information content (AvgIpc) is 3.74. The third-order valence-electron chi connectivity index (χ3n) is 7.61. The van der Waals surface area contributed by atoms with Crippen LogP contribution in [0.15, 0.2) is 84.9 Å². The Morgan fingerprint density at radius 1 is 0.405 bits per heavy atom. The molecule has 9 rings (SSSR count). The molecule has 0 fully saturated rings. The molecule has 3 aromatic heterocycles. The number of hydrogen-bond acceptors (Lipinski definition) is 6. The highest BCUT2D eigenvalue weighted by atomic mass is 35.5. The average molecular weight is 583 g/mol. The quantitative estimate of drug-likeness (QED) is 0.186. The summed E-state index contributed by atoms with van der Waals surface area (Å²) < 4.78 is 0. The van der Waals surface area contributed by atoms with Gasteiger partial charge in [-0.15, -0.1) is 0 Å². The fourth-order valence-electron chi connectivity index (χ4n) is 5.67. The lowest BCUT2D eigenvalue weighted by Gasteiger charge is -1.98. The van der Waals surface area contributed by atoms with Crippen molar-refractivity contribution in [2.75, 3.05) is 0 Å². The van der Waals surface area contributed by atoms with Crippen molar-refractivity contribution in [1.29, 1.82) is 0 Å². The number of rotatable bonds is 0. The molecule has 5 heterocycles. The van der Waals surface area contributed by atoms with Gasteiger partial charge in [-0.05, 0) is 12.1 Å². The number of H-pyrrole nitrogens is 2. The van der Waals surface area contributed by atoms with Crippen LogP contribution in [0.25, 0.3) is 89.7 Å². The minimum Gasteiger partial charge on any atom is -0.324 e. The first-order valence-electron chi connectivity index (χ1n) is 13.2. The normalized spacial score (nSPS) is 12.0. The Kier molecular flexibility index (Phi) is 4.85. The number of fused-ring (bicyclic) bond motifs is 20. The van der Waals surface area contributed by atoms with Gasteiger partial charge in [0.05, 0.1) is 10.0 Å². The third kappa shape index (κ3) is 3.36. The van der Waals surface area contributed by atoms with Crippen LogP contribution in [0.4, 0.5) is 0 Å². The summed E-state index contributed by atoms with van der Waals surface area (Å²) in [6.45, 7) is 0. The number of hydrogen-bond donors (Lipinski definition) is 2. The topological polar surface area (TPSA) is 109 Å². The SMILES string of the molecule is Clc1ccc2c3nc4nc(nc5[nH]c(nc6nc(nc([nH]3)c2c1Cl)-c1ccccc1-6)c1ccccc51)-c1ccccc1-4. The van der Waals surface area contributed by atoms with E-state index in [0.29, 0.717) is 61.3 Å². The van der Waals surface area contributed by atoms with Crippen LogP contribution in [-0.2, 0) is 0 Å². The molecule has 7 aromatic rings. The summed E-state index contributed by atoms with van der Waals surface area (Å²) in [5, 5.41) is 4.06. The highest BCUT2D eigenvalue weighted by molar-refractivity contribution is 6.46. The molecule has 0 unspecified atom stereocenters. The zero-order chi connectivity index (χ0) is 27.9.